The lowest BCUT2D eigenvalue weighted by atomic mass is 9.99. The molecule has 1 amide bonds. The predicted octanol–water partition coefficient (Wildman–Crippen LogP) is 4.37. The Morgan fingerprint density at radius 3 is 2.81 bits per heavy atom. The van der Waals surface area contributed by atoms with Crippen LogP contribution in [0.1, 0.15) is 22.9 Å². The van der Waals surface area contributed by atoms with E-state index in [2.05, 4.69) is 10.3 Å². The molecule has 3 heterocycles. The molecule has 31 heavy (non-hydrogen) atoms. The van der Waals surface area contributed by atoms with E-state index in [0.717, 1.165) is 21.0 Å². The Balaban J connectivity index is 1.48. The number of aliphatic imine (C=N–C) groups is 1. The van der Waals surface area contributed by atoms with Crippen molar-refractivity contribution in [1.82, 2.24) is 10.1 Å². The number of benzene rings is 1. The summed E-state index contributed by atoms with van der Waals surface area (Å²) >= 11 is 1.59. The summed E-state index contributed by atoms with van der Waals surface area (Å²) in [7, 11) is -1.12. The van der Waals surface area contributed by atoms with Crippen LogP contribution in [0.2, 0.25) is 0 Å². The van der Waals surface area contributed by atoms with Crippen molar-refractivity contribution >= 4 is 30.4 Å². The summed E-state index contributed by atoms with van der Waals surface area (Å²) in [5, 5.41) is 4.45. The maximum Gasteiger partial charge on any atom is 0.673 e. The van der Waals surface area contributed by atoms with Crippen LogP contribution in [0.4, 0.5) is 8.63 Å². The fraction of sp³-hybridized carbons (Fsp3) is 0.182. The molecule has 158 valence electrons. The fourth-order valence-corrected chi connectivity index (χ4v) is 4.18. The van der Waals surface area contributed by atoms with Gasteiger partial charge in [0.05, 0.1) is 22.3 Å². The molecule has 1 atom stereocenters. The van der Waals surface area contributed by atoms with Crippen molar-refractivity contribution in [3.05, 3.63) is 87.9 Å². The van der Waals surface area contributed by atoms with Crippen molar-refractivity contribution in [3.63, 3.8) is 0 Å². The van der Waals surface area contributed by atoms with E-state index in [-0.39, 0.29) is 12.5 Å². The fourth-order valence-electron chi connectivity index (χ4n) is 3.49. The molecule has 0 bridgehead atoms. The normalized spacial score (nSPS) is 18.9. The number of carbonyl (C=O) groups excluding carboxylic acids is 1. The van der Waals surface area contributed by atoms with Crippen molar-refractivity contribution < 1.29 is 18.2 Å². The van der Waals surface area contributed by atoms with Gasteiger partial charge in [-0.15, -0.1) is 11.3 Å². The standard InChI is InChI=1S/C22H20BF2N3O2S/c1-26-22(29)14-30-18-8-4-15(5-9-18)20-11-7-17(28(20)23(24)25)13-16-6-10-19(27-16)21-3-2-12-31-21/h2-10,12-13,20H,11,14H2,1H3,(H,26,29)/b16-13-. The number of rotatable bonds is 7. The Morgan fingerprint density at radius 1 is 1.32 bits per heavy atom. The Hall–Kier alpha value is -3.20. The Morgan fingerprint density at radius 2 is 2.13 bits per heavy atom. The molecule has 0 saturated heterocycles. The predicted molar refractivity (Wildman–Crippen MR) is 119 cm³/mol. The topological polar surface area (TPSA) is 53.9 Å². The van der Waals surface area contributed by atoms with Gasteiger partial charge in [-0.25, -0.2) is 4.99 Å². The number of amides is 1. The van der Waals surface area contributed by atoms with Gasteiger partial charge in [-0.1, -0.05) is 24.3 Å². The molecule has 2 aromatic rings. The molecule has 2 aliphatic rings. The average molecular weight is 439 g/mol. The zero-order chi connectivity index (χ0) is 21.8. The van der Waals surface area contributed by atoms with Crippen LogP contribution in [-0.2, 0) is 4.79 Å². The van der Waals surface area contributed by atoms with Crippen LogP contribution in [0.15, 0.2) is 82.5 Å². The van der Waals surface area contributed by atoms with Crippen molar-refractivity contribution in [2.24, 2.45) is 4.99 Å². The van der Waals surface area contributed by atoms with Gasteiger partial charge in [0.2, 0.25) is 0 Å². The van der Waals surface area contributed by atoms with Crippen LogP contribution in [0.5, 0.6) is 5.75 Å². The zero-order valence-electron chi connectivity index (χ0n) is 16.8. The number of hydrogen-bond donors (Lipinski definition) is 1. The van der Waals surface area contributed by atoms with Crippen LogP contribution in [0, 0.1) is 0 Å². The third-order valence-electron chi connectivity index (χ3n) is 5.04. The molecule has 1 N–H and O–H groups in total. The summed E-state index contributed by atoms with van der Waals surface area (Å²) in [4.78, 5) is 18.0. The minimum absolute atomic E-state index is 0.0940. The molecule has 1 aromatic carbocycles. The number of allylic oxidation sites excluding steroid dienone is 3. The van der Waals surface area contributed by atoms with Gasteiger partial charge < -0.3 is 14.9 Å². The average Bonchev–Trinajstić information content (AvgIpc) is 3.53. The second-order valence-electron chi connectivity index (χ2n) is 6.97. The quantitative estimate of drug-likeness (QED) is 0.652. The smallest absolute Gasteiger partial charge is 0.484 e. The van der Waals surface area contributed by atoms with Crippen LogP contribution >= 0.6 is 11.3 Å². The van der Waals surface area contributed by atoms with Gasteiger partial charge in [0, 0.05) is 12.7 Å². The first-order chi connectivity index (χ1) is 15.0. The van der Waals surface area contributed by atoms with E-state index in [1.807, 2.05) is 35.7 Å². The van der Waals surface area contributed by atoms with Gasteiger partial charge in [0.25, 0.3) is 5.91 Å². The summed E-state index contributed by atoms with van der Waals surface area (Å²) in [5.74, 6) is 0.271. The number of nitrogens with one attached hydrogen (secondary N) is 1. The lowest BCUT2D eigenvalue weighted by molar-refractivity contribution is -0.122. The minimum Gasteiger partial charge on any atom is -0.484 e. The molecule has 4 rings (SSSR count). The number of likely N-dealkylation sites (N-methyl/N-ethyl adjacent to an activating group) is 1. The molecule has 0 spiro atoms. The number of carbonyl (C=O) groups is 1. The molecule has 0 aliphatic carbocycles. The maximum absolute atomic E-state index is 14.0. The van der Waals surface area contributed by atoms with Gasteiger partial charge in [0.15, 0.2) is 6.61 Å². The van der Waals surface area contributed by atoms with Crippen LogP contribution in [0.3, 0.4) is 0 Å². The van der Waals surface area contributed by atoms with E-state index in [1.165, 1.54) is 7.05 Å². The van der Waals surface area contributed by atoms with Crippen LogP contribution in [-0.4, -0.2) is 37.5 Å². The largest absolute Gasteiger partial charge is 0.673 e. The van der Waals surface area contributed by atoms with E-state index < -0.39 is 13.4 Å². The SMILES string of the molecule is CNC(=O)COc1ccc(C2CC=C(/C=C3/C=CC(c4cccs4)=N3)N2B(F)F)cc1. The highest BCUT2D eigenvalue weighted by Gasteiger charge is 2.37. The summed E-state index contributed by atoms with van der Waals surface area (Å²) in [6.07, 6.45) is 7.71. The van der Waals surface area contributed by atoms with E-state index in [0.29, 0.717) is 23.6 Å². The Kier molecular flexibility index (Phi) is 6.32. The minimum atomic E-state index is -2.65. The van der Waals surface area contributed by atoms with Gasteiger partial charge in [-0.05, 0) is 53.8 Å². The third kappa shape index (κ3) is 4.77. The Labute approximate surface area is 183 Å². The molecule has 0 saturated carbocycles. The summed E-state index contributed by atoms with van der Waals surface area (Å²) < 4.78 is 33.3. The lowest BCUT2D eigenvalue weighted by Crippen LogP contribution is -2.32. The molecule has 0 fully saturated rings. The number of halogens is 2. The van der Waals surface area contributed by atoms with Crippen molar-refractivity contribution in [3.8, 4) is 5.75 Å². The summed E-state index contributed by atoms with van der Waals surface area (Å²) in [6, 6.07) is 10.3. The lowest BCUT2D eigenvalue weighted by Gasteiger charge is -2.27. The zero-order valence-corrected chi connectivity index (χ0v) is 17.6. The first-order valence-electron chi connectivity index (χ1n) is 9.77. The van der Waals surface area contributed by atoms with E-state index in [9.17, 15) is 13.4 Å². The van der Waals surface area contributed by atoms with E-state index in [4.69, 9.17) is 4.74 Å². The molecule has 5 nitrogen and oxygen atoms in total. The first-order valence-corrected chi connectivity index (χ1v) is 10.7. The van der Waals surface area contributed by atoms with Crippen molar-refractivity contribution in [2.45, 2.75) is 12.5 Å². The number of thiophene rings is 1. The highest BCUT2D eigenvalue weighted by atomic mass is 32.1. The molecular weight excluding hydrogens is 419 g/mol. The summed E-state index contributed by atoms with van der Waals surface area (Å²) in [5.41, 5.74) is 2.70. The van der Waals surface area contributed by atoms with Gasteiger partial charge in [0.1, 0.15) is 5.75 Å². The van der Waals surface area contributed by atoms with E-state index in [1.54, 1.807) is 41.7 Å². The van der Waals surface area contributed by atoms with Gasteiger partial charge in [-0.2, -0.15) is 0 Å². The monoisotopic (exact) mass is 439 g/mol. The highest BCUT2D eigenvalue weighted by molar-refractivity contribution is 7.12. The van der Waals surface area contributed by atoms with Crippen molar-refractivity contribution in [1.29, 1.82) is 0 Å². The highest BCUT2D eigenvalue weighted by Crippen LogP contribution is 2.38. The summed E-state index contributed by atoms with van der Waals surface area (Å²) in [6.45, 7) is -0.0940. The second-order valence-corrected chi connectivity index (χ2v) is 7.92. The van der Waals surface area contributed by atoms with Crippen LogP contribution < -0.4 is 10.1 Å². The number of ether oxygens (including phenoxy) is 1. The molecule has 1 unspecified atom stereocenters. The molecule has 0 radical (unpaired) electrons. The third-order valence-corrected chi connectivity index (χ3v) is 5.93. The van der Waals surface area contributed by atoms with Crippen LogP contribution in [0.25, 0.3) is 0 Å². The first kappa shape index (κ1) is 21.1. The molecule has 1 aromatic heterocycles. The maximum atomic E-state index is 14.0. The molecule has 2 aliphatic heterocycles. The molecular formula is C22H20BF2N3O2S. The number of hydrogen-bond acceptors (Lipinski definition) is 5. The Bertz CT molecular complexity index is 1060. The van der Waals surface area contributed by atoms with Gasteiger partial charge >= 0.3 is 7.40 Å². The number of nitrogens with zero attached hydrogens (tertiary/aromatic N) is 2. The van der Waals surface area contributed by atoms with Crippen molar-refractivity contribution in [2.75, 3.05) is 13.7 Å². The van der Waals surface area contributed by atoms with E-state index >= 15 is 0 Å². The van der Waals surface area contributed by atoms with Gasteiger partial charge in [-0.3, -0.25) is 13.4 Å². The second kappa shape index (κ2) is 9.30. The molecule has 9 heteroatoms.